The smallest absolute Gasteiger partial charge is 0.195 e. The number of fused-ring (bicyclic) bond motifs is 6. The SMILES string of the molecule is [C-]#[N+]c1ccc(-n2c3cc(C)ccc3c3ccc(C)cc32)cc1-c1cc(-n2c3cc(C)ccc3c3ccc(C)cc32)ccc1C#N. The lowest BCUT2D eigenvalue weighted by Crippen LogP contribution is -1.98. The molecule has 0 aliphatic heterocycles. The monoisotopic (exact) mass is 590 g/mol. The van der Waals surface area contributed by atoms with Crippen molar-refractivity contribution in [3.05, 3.63) is 148 Å². The van der Waals surface area contributed by atoms with Crippen molar-refractivity contribution in [1.29, 1.82) is 5.26 Å². The lowest BCUT2D eigenvalue weighted by Gasteiger charge is -2.15. The lowest BCUT2D eigenvalue weighted by molar-refractivity contribution is 1.17. The zero-order valence-corrected chi connectivity index (χ0v) is 26.2. The van der Waals surface area contributed by atoms with Gasteiger partial charge in [-0.25, -0.2) is 4.85 Å². The van der Waals surface area contributed by atoms with E-state index in [1.807, 2.05) is 24.3 Å². The molecule has 46 heavy (non-hydrogen) atoms. The van der Waals surface area contributed by atoms with Gasteiger partial charge in [0.1, 0.15) is 0 Å². The summed E-state index contributed by atoms with van der Waals surface area (Å²) in [6.45, 7) is 16.6. The molecule has 8 aromatic rings. The third-order valence-electron chi connectivity index (χ3n) is 9.19. The molecule has 0 N–H and O–H groups in total. The molecule has 0 atom stereocenters. The van der Waals surface area contributed by atoms with Crippen molar-refractivity contribution in [2.45, 2.75) is 27.7 Å². The molecule has 2 heterocycles. The number of nitriles is 1. The summed E-state index contributed by atoms with van der Waals surface area (Å²) in [5, 5.41) is 15.1. The molecule has 0 saturated heterocycles. The summed E-state index contributed by atoms with van der Waals surface area (Å²) >= 11 is 0. The lowest BCUT2D eigenvalue weighted by atomic mass is 9.97. The highest BCUT2D eigenvalue weighted by Crippen LogP contribution is 2.40. The molecule has 0 aliphatic rings. The van der Waals surface area contributed by atoms with E-state index in [4.69, 9.17) is 6.57 Å². The van der Waals surface area contributed by atoms with Gasteiger partial charge in [0.25, 0.3) is 0 Å². The van der Waals surface area contributed by atoms with Gasteiger partial charge in [0.05, 0.1) is 40.3 Å². The van der Waals surface area contributed by atoms with Crippen molar-refractivity contribution in [1.82, 2.24) is 9.13 Å². The number of nitrogens with zero attached hydrogens (tertiary/aromatic N) is 4. The number of rotatable bonds is 3. The summed E-state index contributed by atoms with van der Waals surface area (Å²) < 4.78 is 4.57. The van der Waals surface area contributed by atoms with Crippen LogP contribution in [0.1, 0.15) is 27.8 Å². The Bertz CT molecular complexity index is 2350. The highest BCUT2D eigenvalue weighted by molar-refractivity contribution is 6.11. The van der Waals surface area contributed by atoms with Crippen LogP contribution < -0.4 is 0 Å². The van der Waals surface area contributed by atoms with Gasteiger partial charge in [0.2, 0.25) is 0 Å². The molecular weight excluding hydrogens is 560 g/mol. The fourth-order valence-electron chi connectivity index (χ4n) is 7.00. The Morgan fingerprint density at radius 1 is 0.500 bits per heavy atom. The molecule has 0 aliphatic carbocycles. The van der Waals surface area contributed by atoms with Crippen LogP contribution in [0, 0.1) is 45.6 Å². The van der Waals surface area contributed by atoms with Gasteiger partial charge in [-0.15, -0.1) is 0 Å². The molecule has 0 bridgehead atoms. The molecule has 4 nitrogen and oxygen atoms in total. The maximum absolute atomic E-state index is 10.3. The van der Waals surface area contributed by atoms with Gasteiger partial charge >= 0.3 is 0 Å². The van der Waals surface area contributed by atoms with Crippen molar-refractivity contribution >= 4 is 49.3 Å². The van der Waals surface area contributed by atoms with Crippen LogP contribution in [0.15, 0.2) is 109 Å². The molecule has 0 radical (unpaired) electrons. The van der Waals surface area contributed by atoms with Crippen LogP contribution in [0.5, 0.6) is 0 Å². The van der Waals surface area contributed by atoms with Crippen LogP contribution in [0.25, 0.3) is 71.0 Å². The third kappa shape index (κ3) is 4.12. The molecule has 0 spiro atoms. The predicted octanol–water partition coefficient (Wildman–Crippen LogP) is 11.2. The fraction of sp³-hybridized carbons (Fsp3) is 0.0952. The topological polar surface area (TPSA) is 38.0 Å². The summed E-state index contributed by atoms with van der Waals surface area (Å²) in [5.41, 5.74) is 13.6. The Balaban J connectivity index is 1.42. The largest absolute Gasteiger partial charge is 0.309 e. The first kappa shape index (κ1) is 27.4. The van der Waals surface area contributed by atoms with Crippen molar-refractivity contribution in [3.8, 4) is 28.6 Å². The Kier molecular flexibility index (Phi) is 6.11. The van der Waals surface area contributed by atoms with Crippen LogP contribution in [0.3, 0.4) is 0 Å². The highest BCUT2D eigenvalue weighted by atomic mass is 15.0. The first-order valence-electron chi connectivity index (χ1n) is 15.4. The normalized spacial score (nSPS) is 11.4. The number of benzene rings is 6. The van der Waals surface area contributed by atoms with Crippen molar-refractivity contribution < 1.29 is 0 Å². The molecule has 6 aromatic carbocycles. The summed E-state index contributed by atoms with van der Waals surface area (Å²) in [5.74, 6) is 0. The van der Waals surface area contributed by atoms with Gasteiger partial charge in [-0.3, -0.25) is 0 Å². The maximum Gasteiger partial charge on any atom is 0.195 e. The standard InChI is InChI=1S/C42H30N4/c1-25-6-13-32-33-14-7-26(2)19-40(33)45(39(32)18-25)30-11-10-29(24-43)36(22-30)37-23-31(12-17-38(37)44-5)46-41-20-27(3)8-15-34(41)35-16-9-28(4)21-42(35)46/h6-23H,1-4H3. The molecule has 218 valence electrons. The minimum atomic E-state index is 0.513. The van der Waals surface area contributed by atoms with Crippen LogP contribution in [-0.4, -0.2) is 9.13 Å². The number of aromatic nitrogens is 2. The second kappa shape index (κ2) is 10.2. The first-order chi connectivity index (χ1) is 22.3. The Labute approximate surface area is 267 Å². The van der Waals surface area contributed by atoms with Crippen molar-refractivity contribution in [2.75, 3.05) is 0 Å². The fourth-order valence-corrected chi connectivity index (χ4v) is 7.00. The third-order valence-corrected chi connectivity index (χ3v) is 9.19. The summed E-state index contributed by atoms with van der Waals surface area (Å²) in [4.78, 5) is 3.94. The summed E-state index contributed by atoms with van der Waals surface area (Å²) in [6, 6.07) is 40.7. The molecule has 2 aromatic heterocycles. The molecular formula is C42H30N4. The minimum absolute atomic E-state index is 0.513. The van der Waals surface area contributed by atoms with E-state index in [9.17, 15) is 5.26 Å². The van der Waals surface area contributed by atoms with Gasteiger partial charge in [0.15, 0.2) is 5.69 Å². The van der Waals surface area contributed by atoms with Gasteiger partial charge in [0, 0.05) is 32.9 Å². The van der Waals surface area contributed by atoms with Crippen molar-refractivity contribution in [3.63, 3.8) is 0 Å². The van der Waals surface area contributed by atoms with Gasteiger partial charge in [-0.05, 0) is 116 Å². The van der Waals surface area contributed by atoms with E-state index >= 15 is 0 Å². The van der Waals surface area contributed by atoms with Gasteiger partial charge < -0.3 is 9.13 Å². The summed E-state index contributed by atoms with van der Waals surface area (Å²) in [7, 11) is 0. The van der Waals surface area contributed by atoms with E-state index in [0.717, 1.165) is 44.6 Å². The number of hydrogen-bond donors (Lipinski definition) is 0. The molecule has 0 fully saturated rings. The van der Waals surface area contributed by atoms with Gasteiger partial charge in [-0.1, -0.05) is 54.6 Å². The minimum Gasteiger partial charge on any atom is -0.309 e. The quantitative estimate of drug-likeness (QED) is 0.189. The first-order valence-corrected chi connectivity index (χ1v) is 15.4. The number of aryl methyl sites for hydroxylation is 4. The molecule has 0 unspecified atom stereocenters. The molecule has 0 amide bonds. The van der Waals surface area contributed by atoms with Gasteiger partial charge in [-0.2, -0.15) is 5.26 Å². The van der Waals surface area contributed by atoms with Crippen LogP contribution in [0.4, 0.5) is 5.69 Å². The second-order valence-corrected chi connectivity index (χ2v) is 12.4. The summed E-state index contributed by atoms with van der Waals surface area (Å²) in [6.07, 6.45) is 0. The van der Waals surface area contributed by atoms with Crippen LogP contribution in [-0.2, 0) is 0 Å². The van der Waals surface area contributed by atoms with E-state index in [0.29, 0.717) is 11.3 Å². The van der Waals surface area contributed by atoms with Crippen molar-refractivity contribution in [2.24, 2.45) is 0 Å². The van der Waals surface area contributed by atoms with E-state index in [-0.39, 0.29) is 0 Å². The molecule has 8 rings (SSSR count). The van der Waals surface area contributed by atoms with E-state index in [2.05, 4.69) is 133 Å². The van der Waals surface area contributed by atoms with E-state index in [1.54, 1.807) is 0 Å². The average Bonchev–Trinajstić information content (AvgIpc) is 3.54. The zero-order valence-electron chi connectivity index (χ0n) is 26.2. The highest BCUT2D eigenvalue weighted by Gasteiger charge is 2.19. The Morgan fingerprint density at radius 3 is 1.28 bits per heavy atom. The second-order valence-electron chi connectivity index (χ2n) is 12.4. The van der Waals surface area contributed by atoms with Crippen LogP contribution in [0.2, 0.25) is 0 Å². The average molecular weight is 591 g/mol. The number of hydrogen-bond acceptors (Lipinski definition) is 1. The van der Waals surface area contributed by atoms with Crippen LogP contribution >= 0.6 is 0 Å². The van der Waals surface area contributed by atoms with E-state index in [1.165, 1.54) is 43.8 Å². The predicted molar refractivity (Wildman–Crippen MR) is 190 cm³/mol. The molecule has 4 heteroatoms. The van der Waals surface area contributed by atoms with E-state index < -0.39 is 0 Å². The maximum atomic E-state index is 10.3. The Morgan fingerprint density at radius 2 is 0.891 bits per heavy atom. The zero-order chi connectivity index (χ0) is 31.7. The molecule has 0 saturated carbocycles. The Hall–Kier alpha value is -6.10.